The molecule has 23 heavy (non-hydrogen) atoms. The molecule has 6 nitrogen and oxygen atoms in total. The van der Waals surface area contributed by atoms with Gasteiger partial charge in [0, 0.05) is 24.8 Å². The standard InChI is InChI=1S/C17H22N4O2/c1-12-14(10-20-21(12)2)9-18-16(22)19-11-17(23)8-7-13-5-3-4-6-15(13)17/h3-6,10,23H,7-9,11H2,1-2H3,(H2,18,19,22). The fourth-order valence-corrected chi connectivity index (χ4v) is 3.03. The molecule has 0 aliphatic heterocycles. The number of hydrogen-bond donors (Lipinski definition) is 3. The molecule has 0 fully saturated rings. The minimum absolute atomic E-state index is 0.210. The first-order chi connectivity index (χ1) is 11.0. The molecule has 0 saturated heterocycles. The molecule has 2 amide bonds. The Kier molecular flexibility index (Phi) is 4.09. The van der Waals surface area contributed by atoms with E-state index >= 15 is 0 Å². The first-order valence-electron chi connectivity index (χ1n) is 7.79. The molecule has 1 atom stereocenters. The predicted molar refractivity (Wildman–Crippen MR) is 86.8 cm³/mol. The molecule has 1 aliphatic carbocycles. The maximum atomic E-state index is 12.0. The van der Waals surface area contributed by atoms with Gasteiger partial charge in [0.1, 0.15) is 5.60 Å². The van der Waals surface area contributed by atoms with E-state index in [1.165, 1.54) is 0 Å². The zero-order valence-corrected chi connectivity index (χ0v) is 13.5. The molecule has 0 spiro atoms. The number of benzene rings is 1. The van der Waals surface area contributed by atoms with Gasteiger partial charge >= 0.3 is 6.03 Å². The Balaban J connectivity index is 1.54. The molecular formula is C17H22N4O2. The van der Waals surface area contributed by atoms with Crippen molar-refractivity contribution >= 4 is 6.03 Å². The second-order valence-electron chi connectivity index (χ2n) is 6.10. The van der Waals surface area contributed by atoms with Gasteiger partial charge < -0.3 is 15.7 Å². The lowest BCUT2D eigenvalue weighted by Crippen LogP contribution is -2.43. The third-order valence-corrected chi connectivity index (χ3v) is 4.64. The summed E-state index contributed by atoms with van der Waals surface area (Å²) in [7, 11) is 1.87. The van der Waals surface area contributed by atoms with Gasteiger partial charge in [-0.05, 0) is 30.9 Å². The lowest BCUT2D eigenvalue weighted by molar-refractivity contribution is 0.0412. The second-order valence-corrected chi connectivity index (χ2v) is 6.10. The zero-order chi connectivity index (χ0) is 16.4. The molecule has 1 aromatic carbocycles. The predicted octanol–water partition coefficient (Wildman–Crippen LogP) is 1.36. The molecule has 0 bridgehead atoms. The molecule has 3 rings (SSSR count). The van der Waals surface area contributed by atoms with E-state index in [1.807, 2.05) is 38.2 Å². The Hall–Kier alpha value is -2.34. The molecule has 3 N–H and O–H groups in total. The van der Waals surface area contributed by atoms with Gasteiger partial charge in [0.05, 0.1) is 12.7 Å². The highest BCUT2D eigenvalue weighted by Gasteiger charge is 2.36. The van der Waals surface area contributed by atoms with Gasteiger partial charge in [-0.3, -0.25) is 4.68 Å². The van der Waals surface area contributed by atoms with Crippen molar-refractivity contribution in [1.29, 1.82) is 0 Å². The quantitative estimate of drug-likeness (QED) is 0.797. The minimum Gasteiger partial charge on any atom is -0.383 e. The number of hydrogen-bond acceptors (Lipinski definition) is 3. The average molecular weight is 314 g/mol. The number of aromatic nitrogens is 2. The van der Waals surface area contributed by atoms with Crippen LogP contribution in [0.3, 0.4) is 0 Å². The van der Waals surface area contributed by atoms with Crippen LogP contribution in [0.2, 0.25) is 0 Å². The van der Waals surface area contributed by atoms with Crippen LogP contribution in [-0.2, 0) is 25.6 Å². The summed E-state index contributed by atoms with van der Waals surface area (Å²) < 4.78 is 1.77. The number of aliphatic hydroxyl groups is 1. The van der Waals surface area contributed by atoms with Crippen LogP contribution in [0.25, 0.3) is 0 Å². The molecule has 1 heterocycles. The van der Waals surface area contributed by atoms with Crippen molar-refractivity contribution < 1.29 is 9.90 Å². The highest BCUT2D eigenvalue weighted by atomic mass is 16.3. The van der Waals surface area contributed by atoms with Gasteiger partial charge in [0.15, 0.2) is 0 Å². The zero-order valence-electron chi connectivity index (χ0n) is 13.5. The van der Waals surface area contributed by atoms with E-state index in [0.717, 1.165) is 28.8 Å². The Morgan fingerprint density at radius 3 is 2.91 bits per heavy atom. The molecule has 2 aromatic rings. The van der Waals surface area contributed by atoms with Crippen LogP contribution in [-0.4, -0.2) is 27.5 Å². The average Bonchev–Trinajstić information content (AvgIpc) is 3.06. The van der Waals surface area contributed by atoms with E-state index in [9.17, 15) is 9.90 Å². The van der Waals surface area contributed by atoms with E-state index in [2.05, 4.69) is 15.7 Å². The van der Waals surface area contributed by atoms with Gasteiger partial charge in [-0.15, -0.1) is 0 Å². The van der Waals surface area contributed by atoms with Crippen molar-refractivity contribution in [3.05, 3.63) is 52.8 Å². The van der Waals surface area contributed by atoms with Crippen molar-refractivity contribution in [1.82, 2.24) is 20.4 Å². The van der Waals surface area contributed by atoms with Gasteiger partial charge in [-0.25, -0.2) is 4.79 Å². The molecule has 1 unspecified atom stereocenters. The highest BCUT2D eigenvalue weighted by Crippen LogP contribution is 2.36. The monoisotopic (exact) mass is 314 g/mol. The third kappa shape index (κ3) is 3.07. The summed E-state index contributed by atoms with van der Waals surface area (Å²) in [6, 6.07) is 7.56. The number of aryl methyl sites for hydroxylation is 2. The number of fused-ring (bicyclic) bond motifs is 1. The van der Waals surface area contributed by atoms with Crippen LogP contribution in [0.4, 0.5) is 4.79 Å². The number of carbonyl (C=O) groups is 1. The summed E-state index contributed by atoms with van der Waals surface area (Å²) in [6.07, 6.45) is 3.22. The summed E-state index contributed by atoms with van der Waals surface area (Å²) in [5.41, 5.74) is 3.10. The van der Waals surface area contributed by atoms with Crippen LogP contribution in [0.5, 0.6) is 0 Å². The summed E-state index contributed by atoms with van der Waals surface area (Å²) >= 11 is 0. The summed E-state index contributed by atoms with van der Waals surface area (Å²) in [5.74, 6) is 0. The van der Waals surface area contributed by atoms with E-state index < -0.39 is 5.60 Å². The summed E-state index contributed by atoms with van der Waals surface area (Å²) in [6.45, 7) is 2.59. The van der Waals surface area contributed by atoms with E-state index in [4.69, 9.17) is 0 Å². The number of rotatable bonds is 4. The van der Waals surface area contributed by atoms with Crippen molar-refractivity contribution in [3.63, 3.8) is 0 Å². The van der Waals surface area contributed by atoms with Crippen molar-refractivity contribution in [3.8, 4) is 0 Å². The third-order valence-electron chi connectivity index (χ3n) is 4.64. The topological polar surface area (TPSA) is 79.2 Å². The molecular weight excluding hydrogens is 292 g/mol. The molecule has 1 aliphatic rings. The maximum Gasteiger partial charge on any atom is 0.315 e. The Morgan fingerprint density at radius 2 is 2.17 bits per heavy atom. The molecule has 0 radical (unpaired) electrons. The summed E-state index contributed by atoms with van der Waals surface area (Å²) in [4.78, 5) is 12.0. The number of nitrogens with zero attached hydrogens (tertiary/aromatic N) is 2. The minimum atomic E-state index is -0.974. The van der Waals surface area contributed by atoms with E-state index in [1.54, 1.807) is 10.9 Å². The smallest absolute Gasteiger partial charge is 0.315 e. The number of carbonyl (C=O) groups excluding carboxylic acids is 1. The second kappa shape index (κ2) is 6.04. The summed E-state index contributed by atoms with van der Waals surface area (Å²) in [5, 5.41) is 20.5. The molecule has 122 valence electrons. The van der Waals surface area contributed by atoms with Gasteiger partial charge in [0.25, 0.3) is 0 Å². The van der Waals surface area contributed by atoms with Crippen LogP contribution < -0.4 is 10.6 Å². The Morgan fingerprint density at radius 1 is 1.39 bits per heavy atom. The maximum absolute atomic E-state index is 12.0. The normalized spacial score (nSPS) is 19.4. The number of amides is 2. The fourth-order valence-electron chi connectivity index (χ4n) is 3.03. The first kappa shape index (κ1) is 15.6. The van der Waals surface area contributed by atoms with Crippen LogP contribution >= 0.6 is 0 Å². The largest absolute Gasteiger partial charge is 0.383 e. The van der Waals surface area contributed by atoms with Crippen molar-refractivity contribution in [2.45, 2.75) is 31.9 Å². The lowest BCUT2D eigenvalue weighted by atomic mass is 9.96. The first-order valence-corrected chi connectivity index (χ1v) is 7.79. The fraction of sp³-hybridized carbons (Fsp3) is 0.412. The van der Waals surface area contributed by atoms with Gasteiger partial charge in [0.2, 0.25) is 0 Å². The van der Waals surface area contributed by atoms with Crippen LogP contribution in [0, 0.1) is 6.92 Å². The van der Waals surface area contributed by atoms with Gasteiger partial charge in [-0.2, -0.15) is 5.10 Å². The Bertz CT molecular complexity index is 725. The van der Waals surface area contributed by atoms with Crippen LogP contribution in [0.1, 0.15) is 28.8 Å². The van der Waals surface area contributed by atoms with Crippen LogP contribution in [0.15, 0.2) is 30.5 Å². The van der Waals surface area contributed by atoms with Crippen molar-refractivity contribution in [2.24, 2.45) is 7.05 Å². The number of nitrogens with one attached hydrogen (secondary N) is 2. The lowest BCUT2D eigenvalue weighted by Gasteiger charge is -2.24. The van der Waals surface area contributed by atoms with Gasteiger partial charge in [-0.1, -0.05) is 24.3 Å². The number of urea groups is 1. The molecule has 0 saturated carbocycles. The molecule has 6 heteroatoms. The SMILES string of the molecule is Cc1c(CNC(=O)NCC2(O)CCc3ccccc32)cnn1C. The van der Waals surface area contributed by atoms with E-state index in [0.29, 0.717) is 13.0 Å². The Labute approximate surface area is 135 Å². The van der Waals surface area contributed by atoms with Crippen molar-refractivity contribution in [2.75, 3.05) is 6.54 Å². The molecule has 1 aromatic heterocycles. The highest BCUT2D eigenvalue weighted by molar-refractivity contribution is 5.74. The van der Waals surface area contributed by atoms with E-state index in [-0.39, 0.29) is 12.6 Å².